The lowest BCUT2D eigenvalue weighted by Crippen LogP contribution is -2.03. The van der Waals surface area contributed by atoms with Crippen LogP contribution in [0.15, 0.2) is 48.5 Å². The van der Waals surface area contributed by atoms with Gasteiger partial charge in [0.15, 0.2) is 0 Å². The van der Waals surface area contributed by atoms with E-state index in [0.717, 1.165) is 17.4 Å². The largest absolute Gasteiger partial charge is 0.508 e. The van der Waals surface area contributed by atoms with Crippen LogP contribution in [0.25, 0.3) is 6.08 Å². The molecule has 2 N–H and O–H groups in total. The number of phenols is 2. The van der Waals surface area contributed by atoms with Gasteiger partial charge in [0.25, 0.3) is 0 Å². The van der Waals surface area contributed by atoms with Crippen molar-refractivity contribution in [3.63, 3.8) is 0 Å². The average molecular weight is 286 g/mol. The van der Waals surface area contributed by atoms with Gasteiger partial charge >= 0.3 is 5.97 Å². The number of aromatic hydroxyl groups is 2. The van der Waals surface area contributed by atoms with Gasteiger partial charge in [0.1, 0.15) is 23.0 Å². The van der Waals surface area contributed by atoms with Gasteiger partial charge in [0.2, 0.25) is 0 Å². The molecule has 21 heavy (non-hydrogen) atoms. The molecule has 108 valence electrons. The van der Waals surface area contributed by atoms with Crippen LogP contribution in [0.2, 0.25) is 0 Å². The Morgan fingerprint density at radius 1 is 1.00 bits per heavy atom. The van der Waals surface area contributed by atoms with Crippen molar-refractivity contribution in [2.75, 3.05) is 7.11 Å². The highest BCUT2D eigenvalue weighted by molar-refractivity contribution is 5.88. The molecule has 2 rings (SSSR count). The molecule has 0 radical (unpaired) electrons. The number of benzene rings is 2. The van der Waals surface area contributed by atoms with E-state index < -0.39 is 5.97 Å². The number of ether oxygens (including phenoxy) is 2. The summed E-state index contributed by atoms with van der Waals surface area (Å²) in [6, 6.07) is 10.8. The summed E-state index contributed by atoms with van der Waals surface area (Å²) in [4.78, 5) is 11.6. The number of methoxy groups -OCH3 is 1. The number of esters is 1. The topological polar surface area (TPSA) is 76.0 Å². The fourth-order valence-electron chi connectivity index (χ4n) is 1.66. The standard InChI is InChI=1S/C16H14O5/c1-20-14-5-2-11(3-6-14)4-7-16(19)21-15-9-12(17)8-13(18)10-15/h2-10,17-18H,1H3. The zero-order valence-corrected chi connectivity index (χ0v) is 11.3. The summed E-state index contributed by atoms with van der Waals surface area (Å²) in [5.74, 6) is -0.188. The fourth-order valence-corrected chi connectivity index (χ4v) is 1.66. The van der Waals surface area contributed by atoms with Crippen molar-refractivity contribution in [1.29, 1.82) is 0 Å². The second-order valence-corrected chi connectivity index (χ2v) is 4.21. The molecule has 0 aliphatic heterocycles. The van der Waals surface area contributed by atoms with Gasteiger partial charge in [-0.2, -0.15) is 0 Å². The van der Waals surface area contributed by atoms with Crippen LogP contribution in [0.5, 0.6) is 23.0 Å². The molecule has 0 aromatic heterocycles. The number of hydrogen-bond donors (Lipinski definition) is 2. The quantitative estimate of drug-likeness (QED) is 0.513. The molecule has 2 aromatic rings. The van der Waals surface area contributed by atoms with E-state index in [2.05, 4.69) is 0 Å². The maximum Gasteiger partial charge on any atom is 0.336 e. The Hall–Kier alpha value is -2.95. The molecule has 0 unspecified atom stereocenters. The van der Waals surface area contributed by atoms with E-state index in [1.807, 2.05) is 0 Å². The van der Waals surface area contributed by atoms with Crippen LogP contribution < -0.4 is 9.47 Å². The summed E-state index contributed by atoms with van der Waals surface area (Å²) in [7, 11) is 1.58. The van der Waals surface area contributed by atoms with Gasteiger partial charge < -0.3 is 19.7 Å². The summed E-state index contributed by atoms with van der Waals surface area (Å²) in [5.41, 5.74) is 0.812. The maximum atomic E-state index is 11.6. The Morgan fingerprint density at radius 3 is 2.19 bits per heavy atom. The summed E-state index contributed by atoms with van der Waals surface area (Å²) >= 11 is 0. The minimum atomic E-state index is -0.615. The van der Waals surface area contributed by atoms with Gasteiger partial charge in [-0.25, -0.2) is 4.79 Å². The van der Waals surface area contributed by atoms with Crippen molar-refractivity contribution in [3.05, 3.63) is 54.1 Å². The van der Waals surface area contributed by atoms with E-state index in [0.29, 0.717) is 0 Å². The molecule has 0 atom stereocenters. The number of carbonyl (C=O) groups is 1. The lowest BCUT2D eigenvalue weighted by atomic mass is 10.2. The highest BCUT2D eigenvalue weighted by Crippen LogP contribution is 2.25. The van der Waals surface area contributed by atoms with Crippen molar-refractivity contribution < 1.29 is 24.5 Å². The van der Waals surface area contributed by atoms with Gasteiger partial charge in [-0.05, 0) is 23.8 Å². The first-order valence-electron chi connectivity index (χ1n) is 6.14. The highest BCUT2D eigenvalue weighted by atomic mass is 16.5. The summed E-state index contributed by atoms with van der Waals surface area (Å²) in [6.45, 7) is 0. The first-order valence-corrected chi connectivity index (χ1v) is 6.14. The Balaban J connectivity index is 2.01. The minimum absolute atomic E-state index is 0.0666. The minimum Gasteiger partial charge on any atom is -0.508 e. The fraction of sp³-hybridized carbons (Fsp3) is 0.0625. The Labute approximate surface area is 121 Å². The summed E-state index contributed by atoms with van der Waals surface area (Å²) < 4.78 is 10.0. The van der Waals surface area contributed by atoms with E-state index in [-0.39, 0.29) is 17.2 Å². The second kappa shape index (κ2) is 6.47. The zero-order valence-electron chi connectivity index (χ0n) is 11.3. The second-order valence-electron chi connectivity index (χ2n) is 4.21. The molecule has 0 saturated carbocycles. The molecule has 0 bridgehead atoms. The molecule has 5 nitrogen and oxygen atoms in total. The van der Waals surface area contributed by atoms with E-state index in [1.165, 1.54) is 18.2 Å². The number of hydrogen-bond acceptors (Lipinski definition) is 5. The predicted octanol–water partition coefficient (Wildman–Crippen LogP) is 2.73. The van der Waals surface area contributed by atoms with Crippen molar-refractivity contribution in [2.45, 2.75) is 0 Å². The Bertz CT molecular complexity index is 639. The third kappa shape index (κ3) is 4.28. The van der Waals surface area contributed by atoms with Crippen LogP contribution in [0.1, 0.15) is 5.56 Å². The van der Waals surface area contributed by atoms with Crippen LogP contribution in [0.3, 0.4) is 0 Å². The number of rotatable bonds is 4. The first kappa shape index (κ1) is 14.5. The predicted molar refractivity (Wildman–Crippen MR) is 77.4 cm³/mol. The van der Waals surface area contributed by atoms with E-state index in [9.17, 15) is 15.0 Å². The van der Waals surface area contributed by atoms with Gasteiger partial charge in [-0.3, -0.25) is 0 Å². The van der Waals surface area contributed by atoms with Crippen molar-refractivity contribution in [1.82, 2.24) is 0 Å². The van der Waals surface area contributed by atoms with Gasteiger partial charge in [-0.1, -0.05) is 12.1 Å². The molecular weight excluding hydrogens is 272 g/mol. The number of carbonyl (C=O) groups excluding carboxylic acids is 1. The molecule has 5 heteroatoms. The molecule has 0 saturated heterocycles. The third-order valence-corrected chi connectivity index (χ3v) is 2.62. The Kier molecular flexibility index (Phi) is 4.46. The average Bonchev–Trinajstić information content (AvgIpc) is 2.44. The molecule has 0 aliphatic rings. The first-order chi connectivity index (χ1) is 10.1. The van der Waals surface area contributed by atoms with Crippen LogP contribution in [0, 0.1) is 0 Å². The third-order valence-electron chi connectivity index (χ3n) is 2.62. The Morgan fingerprint density at radius 2 is 1.62 bits per heavy atom. The molecule has 0 amide bonds. The lowest BCUT2D eigenvalue weighted by Gasteiger charge is -2.03. The molecule has 0 fully saturated rings. The van der Waals surface area contributed by atoms with Crippen LogP contribution in [0.4, 0.5) is 0 Å². The van der Waals surface area contributed by atoms with Crippen LogP contribution in [-0.2, 0) is 4.79 Å². The van der Waals surface area contributed by atoms with Gasteiger partial charge in [-0.15, -0.1) is 0 Å². The number of phenolic OH excluding ortho intramolecular Hbond substituents is 2. The monoisotopic (exact) mass is 286 g/mol. The van der Waals surface area contributed by atoms with Gasteiger partial charge in [0.05, 0.1) is 7.11 Å². The SMILES string of the molecule is COc1ccc(C=CC(=O)Oc2cc(O)cc(O)c2)cc1. The highest BCUT2D eigenvalue weighted by Gasteiger charge is 2.04. The van der Waals surface area contributed by atoms with E-state index >= 15 is 0 Å². The van der Waals surface area contributed by atoms with Gasteiger partial charge in [0, 0.05) is 24.3 Å². The summed E-state index contributed by atoms with van der Waals surface area (Å²) in [5, 5.41) is 18.6. The van der Waals surface area contributed by atoms with Crippen LogP contribution >= 0.6 is 0 Å². The normalized spacial score (nSPS) is 10.5. The maximum absolute atomic E-state index is 11.6. The lowest BCUT2D eigenvalue weighted by molar-refractivity contribution is -0.128. The van der Waals surface area contributed by atoms with Crippen molar-refractivity contribution in [3.8, 4) is 23.0 Å². The molecular formula is C16H14O5. The zero-order chi connectivity index (χ0) is 15.2. The van der Waals surface area contributed by atoms with E-state index in [1.54, 1.807) is 37.5 Å². The van der Waals surface area contributed by atoms with Crippen LogP contribution in [-0.4, -0.2) is 23.3 Å². The molecule has 0 aliphatic carbocycles. The summed E-state index contributed by atoms with van der Waals surface area (Å²) in [6.07, 6.45) is 2.84. The van der Waals surface area contributed by atoms with Crippen molar-refractivity contribution >= 4 is 12.0 Å². The molecule has 2 aromatic carbocycles. The van der Waals surface area contributed by atoms with Crippen molar-refractivity contribution in [2.24, 2.45) is 0 Å². The van der Waals surface area contributed by atoms with E-state index in [4.69, 9.17) is 9.47 Å². The molecule has 0 heterocycles. The molecule has 0 spiro atoms. The smallest absolute Gasteiger partial charge is 0.336 e.